The lowest BCUT2D eigenvalue weighted by Gasteiger charge is -2.44. The minimum Gasteiger partial charge on any atom is -0.480 e. The molecule has 1 fully saturated rings. The first-order valence-electron chi connectivity index (χ1n) is 11.5. The molecule has 1 saturated heterocycles. The van der Waals surface area contributed by atoms with Crippen LogP contribution < -0.4 is 5.32 Å². The molecule has 0 radical (unpaired) electrons. The molecule has 3 aromatic rings. The first-order chi connectivity index (χ1) is 17.0. The number of hydrogen-bond donors (Lipinski definition) is 3. The van der Waals surface area contributed by atoms with Gasteiger partial charge in [0.25, 0.3) is 0 Å². The fourth-order valence-electron chi connectivity index (χ4n) is 4.49. The SMILES string of the molecule is O=C(N[C@@]1(Cc2ccccc2)CCCN(C(Cc2cnc[nH]2)C(=O)O)C1=O)OCc1ccccc1. The Kier molecular flexibility index (Phi) is 7.45. The Morgan fingerprint density at radius 3 is 2.43 bits per heavy atom. The average molecular weight is 477 g/mol. The molecule has 2 atom stereocenters. The number of alkyl carbamates (subject to hydrolysis) is 1. The molecule has 1 aliphatic rings. The van der Waals surface area contributed by atoms with E-state index in [9.17, 15) is 19.5 Å². The number of carbonyl (C=O) groups is 3. The largest absolute Gasteiger partial charge is 0.480 e. The summed E-state index contributed by atoms with van der Waals surface area (Å²) in [7, 11) is 0. The lowest BCUT2D eigenvalue weighted by molar-refractivity contribution is -0.155. The van der Waals surface area contributed by atoms with E-state index in [1.165, 1.54) is 11.2 Å². The first-order valence-corrected chi connectivity index (χ1v) is 11.5. The summed E-state index contributed by atoms with van der Waals surface area (Å²) in [5, 5.41) is 12.8. The van der Waals surface area contributed by atoms with Gasteiger partial charge in [0.1, 0.15) is 18.2 Å². The number of carboxylic acid groups (broad SMARTS) is 1. The maximum absolute atomic E-state index is 13.9. The molecule has 0 spiro atoms. The van der Waals surface area contributed by atoms with Gasteiger partial charge in [-0.3, -0.25) is 4.79 Å². The van der Waals surface area contributed by atoms with Crippen LogP contribution in [0.25, 0.3) is 0 Å². The Morgan fingerprint density at radius 2 is 1.80 bits per heavy atom. The molecule has 1 aromatic heterocycles. The second-order valence-electron chi connectivity index (χ2n) is 8.67. The van der Waals surface area contributed by atoms with E-state index in [-0.39, 0.29) is 26.0 Å². The molecular formula is C26H28N4O5. The first kappa shape index (κ1) is 24.0. The van der Waals surface area contributed by atoms with E-state index in [1.807, 2.05) is 60.7 Å². The number of aromatic amines is 1. The molecule has 4 rings (SSSR count). The number of hydrogen-bond acceptors (Lipinski definition) is 5. The fraction of sp³-hybridized carbons (Fsp3) is 0.308. The summed E-state index contributed by atoms with van der Waals surface area (Å²) < 4.78 is 5.42. The van der Waals surface area contributed by atoms with Gasteiger partial charge in [0.15, 0.2) is 0 Å². The van der Waals surface area contributed by atoms with Crippen LogP contribution in [0.5, 0.6) is 0 Å². The van der Waals surface area contributed by atoms with Gasteiger partial charge in [-0.05, 0) is 24.0 Å². The zero-order valence-electron chi connectivity index (χ0n) is 19.2. The maximum atomic E-state index is 13.9. The van der Waals surface area contributed by atoms with Crippen molar-refractivity contribution in [2.75, 3.05) is 6.54 Å². The smallest absolute Gasteiger partial charge is 0.408 e. The van der Waals surface area contributed by atoms with Gasteiger partial charge >= 0.3 is 12.1 Å². The summed E-state index contributed by atoms with van der Waals surface area (Å²) in [5.74, 6) is -1.55. The third kappa shape index (κ3) is 5.87. The van der Waals surface area contributed by atoms with Crippen molar-refractivity contribution in [3.05, 3.63) is 90.0 Å². The number of carbonyl (C=O) groups excluding carboxylic acids is 2. The molecule has 1 aliphatic heterocycles. The van der Waals surface area contributed by atoms with Crippen molar-refractivity contribution in [3.63, 3.8) is 0 Å². The number of ether oxygens (including phenoxy) is 1. The molecule has 2 aromatic carbocycles. The van der Waals surface area contributed by atoms with Crippen molar-refractivity contribution in [3.8, 4) is 0 Å². The summed E-state index contributed by atoms with van der Waals surface area (Å²) in [5.41, 5.74) is 0.961. The van der Waals surface area contributed by atoms with Crippen LogP contribution in [0.4, 0.5) is 4.79 Å². The summed E-state index contributed by atoms with van der Waals surface area (Å²) >= 11 is 0. The van der Waals surface area contributed by atoms with E-state index >= 15 is 0 Å². The number of rotatable bonds is 9. The van der Waals surface area contributed by atoms with Crippen LogP contribution >= 0.6 is 0 Å². The highest BCUT2D eigenvalue weighted by atomic mass is 16.5. The predicted molar refractivity (Wildman–Crippen MR) is 127 cm³/mol. The zero-order chi connectivity index (χ0) is 24.7. The highest BCUT2D eigenvalue weighted by molar-refractivity contribution is 5.93. The van der Waals surface area contributed by atoms with E-state index < -0.39 is 29.6 Å². The predicted octanol–water partition coefficient (Wildman–Crippen LogP) is 2.94. The Bertz CT molecular complexity index is 1140. The Balaban J connectivity index is 1.58. The number of aromatic nitrogens is 2. The molecule has 2 heterocycles. The van der Waals surface area contributed by atoms with Crippen molar-refractivity contribution in [1.82, 2.24) is 20.2 Å². The van der Waals surface area contributed by atoms with Crippen LogP contribution in [0.15, 0.2) is 73.2 Å². The summed E-state index contributed by atoms with van der Waals surface area (Å²) in [6.45, 7) is 0.338. The number of carboxylic acids is 1. The zero-order valence-corrected chi connectivity index (χ0v) is 19.2. The monoisotopic (exact) mass is 476 g/mol. The average Bonchev–Trinajstić information content (AvgIpc) is 3.38. The Hall–Kier alpha value is -4.14. The number of benzene rings is 2. The van der Waals surface area contributed by atoms with Crippen molar-refractivity contribution in [2.45, 2.75) is 43.9 Å². The third-order valence-corrected chi connectivity index (χ3v) is 6.21. The number of nitrogens with one attached hydrogen (secondary N) is 2. The van der Waals surface area contributed by atoms with Crippen LogP contribution in [0.2, 0.25) is 0 Å². The van der Waals surface area contributed by atoms with Crippen LogP contribution in [-0.4, -0.2) is 56.1 Å². The lowest BCUT2D eigenvalue weighted by atomic mass is 9.81. The topological polar surface area (TPSA) is 125 Å². The van der Waals surface area contributed by atoms with Gasteiger partial charge in [-0.1, -0.05) is 60.7 Å². The highest BCUT2D eigenvalue weighted by Gasteiger charge is 2.48. The van der Waals surface area contributed by atoms with Gasteiger partial charge < -0.3 is 25.0 Å². The number of aliphatic carboxylic acids is 1. The summed E-state index contributed by atoms with van der Waals surface area (Å²) in [4.78, 5) is 47.1. The van der Waals surface area contributed by atoms with Gasteiger partial charge in [0, 0.05) is 31.3 Å². The number of piperidine rings is 1. The van der Waals surface area contributed by atoms with E-state index in [0.29, 0.717) is 18.5 Å². The van der Waals surface area contributed by atoms with E-state index in [4.69, 9.17) is 4.74 Å². The minimum atomic E-state index is -1.32. The van der Waals surface area contributed by atoms with Crippen molar-refractivity contribution in [2.24, 2.45) is 0 Å². The number of nitrogens with zero attached hydrogens (tertiary/aromatic N) is 2. The van der Waals surface area contributed by atoms with Crippen LogP contribution in [0, 0.1) is 0 Å². The van der Waals surface area contributed by atoms with Gasteiger partial charge in [-0.2, -0.15) is 0 Å². The standard InChI is InChI=1S/C26H28N4O5/c31-23(32)22(14-21-16-27-18-28-21)30-13-7-12-26(24(30)33,15-19-8-3-1-4-9-19)29-25(34)35-17-20-10-5-2-6-11-20/h1-6,8-11,16,18,22H,7,12-15,17H2,(H,27,28)(H,29,34)(H,31,32)/t22?,26-/m1/s1. The maximum Gasteiger partial charge on any atom is 0.408 e. The summed E-state index contributed by atoms with van der Waals surface area (Å²) in [6, 6.07) is 17.5. The minimum absolute atomic E-state index is 0.0591. The van der Waals surface area contributed by atoms with Gasteiger partial charge in [-0.15, -0.1) is 0 Å². The third-order valence-electron chi connectivity index (χ3n) is 6.21. The van der Waals surface area contributed by atoms with E-state index in [2.05, 4.69) is 15.3 Å². The Labute approximate surface area is 203 Å². The molecule has 9 heteroatoms. The second kappa shape index (κ2) is 10.9. The van der Waals surface area contributed by atoms with E-state index in [1.54, 1.807) is 6.20 Å². The quantitative estimate of drug-likeness (QED) is 0.436. The molecule has 0 saturated carbocycles. The van der Waals surface area contributed by atoms with Crippen LogP contribution in [-0.2, 0) is 33.8 Å². The lowest BCUT2D eigenvalue weighted by Crippen LogP contribution is -2.66. The molecule has 9 nitrogen and oxygen atoms in total. The van der Waals surface area contributed by atoms with Crippen molar-refractivity contribution < 1.29 is 24.2 Å². The van der Waals surface area contributed by atoms with Gasteiger partial charge in [-0.25, -0.2) is 14.6 Å². The Morgan fingerprint density at radius 1 is 1.11 bits per heavy atom. The van der Waals surface area contributed by atoms with Crippen molar-refractivity contribution >= 4 is 18.0 Å². The van der Waals surface area contributed by atoms with Crippen LogP contribution in [0.3, 0.4) is 0 Å². The normalized spacial score (nSPS) is 18.6. The van der Waals surface area contributed by atoms with Crippen molar-refractivity contribution in [1.29, 1.82) is 0 Å². The molecule has 0 bridgehead atoms. The summed E-state index contributed by atoms with van der Waals surface area (Å²) in [6.07, 6.45) is 3.50. The fourth-order valence-corrected chi connectivity index (χ4v) is 4.49. The second-order valence-corrected chi connectivity index (χ2v) is 8.67. The van der Waals surface area contributed by atoms with Crippen LogP contribution in [0.1, 0.15) is 29.7 Å². The molecule has 182 valence electrons. The molecular weight excluding hydrogens is 448 g/mol. The number of H-pyrrole nitrogens is 1. The number of imidazole rings is 1. The molecule has 1 unspecified atom stereocenters. The molecule has 0 aliphatic carbocycles. The van der Waals surface area contributed by atoms with Gasteiger partial charge in [0.2, 0.25) is 5.91 Å². The molecule has 35 heavy (non-hydrogen) atoms. The molecule has 3 N–H and O–H groups in total. The van der Waals surface area contributed by atoms with E-state index in [0.717, 1.165) is 11.1 Å². The van der Waals surface area contributed by atoms with Gasteiger partial charge in [0.05, 0.1) is 6.33 Å². The number of amides is 2. The molecule has 2 amide bonds. The highest BCUT2D eigenvalue weighted by Crippen LogP contribution is 2.29. The number of likely N-dealkylation sites (tertiary alicyclic amines) is 1.